The third kappa shape index (κ3) is 2.61. The van der Waals surface area contributed by atoms with E-state index < -0.39 is 11.9 Å². The summed E-state index contributed by atoms with van der Waals surface area (Å²) in [6.45, 7) is 1.69. The molecule has 3 nitrogen and oxygen atoms in total. The maximum atomic E-state index is 11.6. The minimum Gasteiger partial charge on any atom is -0.481 e. The summed E-state index contributed by atoms with van der Waals surface area (Å²) in [7, 11) is 0. The van der Waals surface area contributed by atoms with Gasteiger partial charge in [-0.2, -0.15) is 0 Å². The molecule has 5 heteroatoms. The van der Waals surface area contributed by atoms with Crippen LogP contribution in [0.5, 0.6) is 0 Å². The highest BCUT2D eigenvalue weighted by Crippen LogP contribution is 2.34. The highest BCUT2D eigenvalue weighted by atomic mass is 35.5. The number of carbonyl (C=O) groups is 2. The van der Waals surface area contributed by atoms with Crippen molar-refractivity contribution in [2.75, 3.05) is 0 Å². The third-order valence-electron chi connectivity index (χ3n) is 2.25. The number of rotatable bonds is 2. The number of ketones is 1. The van der Waals surface area contributed by atoms with Crippen molar-refractivity contribution < 1.29 is 14.7 Å². The summed E-state index contributed by atoms with van der Waals surface area (Å²) in [5, 5.41) is 9.30. The van der Waals surface area contributed by atoms with Crippen LogP contribution in [0.3, 0.4) is 0 Å². The Bertz CT molecular complexity index is 369. The van der Waals surface area contributed by atoms with Crippen LogP contribution in [0.25, 0.3) is 0 Å². The lowest BCUT2D eigenvalue weighted by molar-refractivity contribution is -0.143. The lowest BCUT2D eigenvalue weighted by Gasteiger charge is -2.19. The van der Waals surface area contributed by atoms with Crippen molar-refractivity contribution in [3.63, 3.8) is 0 Å². The fourth-order valence-electron chi connectivity index (χ4n) is 1.45. The summed E-state index contributed by atoms with van der Waals surface area (Å²) >= 11 is 11.7. The van der Waals surface area contributed by atoms with Gasteiger partial charge in [0.2, 0.25) is 0 Å². The Balaban J connectivity index is 3.04. The lowest BCUT2D eigenvalue weighted by Crippen LogP contribution is -2.24. The van der Waals surface area contributed by atoms with E-state index in [1.165, 1.54) is 0 Å². The molecule has 0 fully saturated rings. The molecule has 0 heterocycles. The highest BCUT2D eigenvalue weighted by molar-refractivity contribution is 6.40. The molecule has 0 aliphatic heterocycles. The topological polar surface area (TPSA) is 54.4 Å². The number of carboxylic acids is 1. The molecule has 1 aliphatic rings. The summed E-state index contributed by atoms with van der Waals surface area (Å²) in [5.74, 6) is -2.03. The first kappa shape index (κ1) is 12.3. The Labute approximate surface area is 97.4 Å². The number of aliphatic carboxylic acids is 1. The first-order chi connectivity index (χ1) is 6.97. The Morgan fingerprint density at radius 2 is 2.13 bits per heavy atom. The standard InChI is InChI=1S/C10H10Cl2O3/c1-2-6(11)9-7(12)3-5(10(14)15)4-8(9)13/h2,5H,3-4H2,1H3,(H,14,15)/b6-2+. The molecule has 0 bridgehead atoms. The van der Waals surface area contributed by atoms with Gasteiger partial charge in [-0.25, -0.2) is 0 Å². The molecule has 1 N–H and O–H groups in total. The quantitative estimate of drug-likeness (QED) is 0.818. The maximum absolute atomic E-state index is 11.6. The molecule has 82 valence electrons. The van der Waals surface area contributed by atoms with Crippen LogP contribution in [0.4, 0.5) is 0 Å². The number of halogens is 2. The van der Waals surface area contributed by atoms with Crippen molar-refractivity contribution in [2.45, 2.75) is 19.8 Å². The normalized spacial score (nSPS) is 23.3. The molecule has 1 unspecified atom stereocenters. The van der Waals surface area contributed by atoms with Gasteiger partial charge in [-0.3, -0.25) is 9.59 Å². The first-order valence-electron chi connectivity index (χ1n) is 4.44. The summed E-state index contributed by atoms with van der Waals surface area (Å²) in [5.41, 5.74) is 0.262. The monoisotopic (exact) mass is 248 g/mol. The molecule has 0 aromatic rings. The van der Waals surface area contributed by atoms with Crippen LogP contribution in [0.1, 0.15) is 19.8 Å². The van der Waals surface area contributed by atoms with Gasteiger partial charge >= 0.3 is 5.97 Å². The van der Waals surface area contributed by atoms with Crippen molar-refractivity contribution in [3.8, 4) is 0 Å². The molecule has 0 aromatic carbocycles. The highest BCUT2D eigenvalue weighted by Gasteiger charge is 2.31. The average Bonchev–Trinajstić information content (AvgIpc) is 2.16. The van der Waals surface area contributed by atoms with Crippen LogP contribution in [-0.2, 0) is 9.59 Å². The van der Waals surface area contributed by atoms with Crippen LogP contribution in [0, 0.1) is 5.92 Å². The molecule has 0 saturated heterocycles. The molecule has 1 aliphatic carbocycles. The molecular weight excluding hydrogens is 239 g/mol. The minimum absolute atomic E-state index is 0.0368. The predicted octanol–water partition coefficient (Wildman–Crippen LogP) is 2.69. The SMILES string of the molecule is C/C=C(/Cl)C1=C(Cl)CC(C(=O)O)CC1=O. The Morgan fingerprint density at radius 3 is 2.53 bits per heavy atom. The van der Waals surface area contributed by atoms with Crippen molar-refractivity contribution in [1.29, 1.82) is 0 Å². The smallest absolute Gasteiger partial charge is 0.307 e. The van der Waals surface area contributed by atoms with Crippen LogP contribution < -0.4 is 0 Å². The van der Waals surface area contributed by atoms with Gasteiger partial charge in [0.25, 0.3) is 0 Å². The van der Waals surface area contributed by atoms with E-state index in [4.69, 9.17) is 28.3 Å². The summed E-state index contributed by atoms with van der Waals surface area (Å²) in [6, 6.07) is 0. The molecule has 0 aromatic heterocycles. The van der Waals surface area contributed by atoms with Gasteiger partial charge in [0, 0.05) is 16.5 Å². The Kier molecular flexibility index (Phi) is 3.94. The zero-order chi connectivity index (χ0) is 11.6. The van der Waals surface area contributed by atoms with Gasteiger partial charge in [0.05, 0.1) is 11.5 Å². The average molecular weight is 249 g/mol. The maximum Gasteiger partial charge on any atom is 0.307 e. The molecule has 1 atom stereocenters. The van der Waals surface area contributed by atoms with Gasteiger partial charge < -0.3 is 5.11 Å². The van der Waals surface area contributed by atoms with Gasteiger partial charge in [0.15, 0.2) is 5.78 Å². The molecule has 0 radical (unpaired) electrons. The molecule has 0 saturated carbocycles. The molecular formula is C10H10Cl2O3. The number of allylic oxidation sites excluding steroid dienone is 4. The number of carboxylic acid groups (broad SMARTS) is 1. The van der Waals surface area contributed by atoms with Gasteiger partial charge in [-0.1, -0.05) is 29.3 Å². The third-order valence-corrected chi connectivity index (χ3v) is 3.00. The fraction of sp³-hybridized carbons (Fsp3) is 0.400. The van der Waals surface area contributed by atoms with Gasteiger partial charge in [-0.05, 0) is 13.3 Å². The van der Waals surface area contributed by atoms with Crippen LogP contribution >= 0.6 is 23.2 Å². The van der Waals surface area contributed by atoms with Crippen molar-refractivity contribution in [1.82, 2.24) is 0 Å². The summed E-state index contributed by atoms with van der Waals surface area (Å²) < 4.78 is 0. The fourth-order valence-corrected chi connectivity index (χ4v) is 2.11. The summed E-state index contributed by atoms with van der Waals surface area (Å²) in [4.78, 5) is 22.3. The Hall–Kier alpha value is -0.800. The zero-order valence-corrected chi connectivity index (χ0v) is 9.60. The first-order valence-corrected chi connectivity index (χ1v) is 5.19. The zero-order valence-electron chi connectivity index (χ0n) is 8.09. The van der Waals surface area contributed by atoms with E-state index >= 15 is 0 Å². The number of Topliss-reactive ketones (excluding diaryl/α,β-unsaturated/α-hetero) is 1. The molecule has 0 amide bonds. The van der Waals surface area contributed by atoms with E-state index in [-0.39, 0.29) is 34.3 Å². The van der Waals surface area contributed by atoms with E-state index in [9.17, 15) is 9.59 Å². The van der Waals surface area contributed by atoms with Gasteiger partial charge in [-0.15, -0.1) is 0 Å². The van der Waals surface area contributed by atoms with E-state index in [1.807, 2.05) is 0 Å². The van der Waals surface area contributed by atoms with Crippen LogP contribution in [-0.4, -0.2) is 16.9 Å². The largest absolute Gasteiger partial charge is 0.481 e. The van der Waals surface area contributed by atoms with Crippen LogP contribution in [0.2, 0.25) is 0 Å². The Morgan fingerprint density at radius 1 is 1.53 bits per heavy atom. The predicted molar refractivity (Wildman–Crippen MR) is 57.9 cm³/mol. The second-order valence-corrected chi connectivity index (χ2v) is 4.15. The molecule has 0 spiro atoms. The van der Waals surface area contributed by atoms with Crippen molar-refractivity contribution in [3.05, 3.63) is 21.7 Å². The van der Waals surface area contributed by atoms with E-state index in [2.05, 4.69) is 0 Å². The van der Waals surface area contributed by atoms with Gasteiger partial charge in [0.1, 0.15) is 0 Å². The molecule has 1 rings (SSSR count). The second-order valence-electron chi connectivity index (χ2n) is 3.28. The van der Waals surface area contributed by atoms with Crippen LogP contribution in [0.15, 0.2) is 21.7 Å². The van der Waals surface area contributed by atoms with Crippen molar-refractivity contribution >= 4 is 35.0 Å². The van der Waals surface area contributed by atoms with E-state index in [0.717, 1.165) is 0 Å². The van der Waals surface area contributed by atoms with E-state index in [1.54, 1.807) is 13.0 Å². The van der Waals surface area contributed by atoms with Crippen molar-refractivity contribution in [2.24, 2.45) is 5.92 Å². The number of hydrogen-bond acceptors (Lipinski definition) is 2. The number of carbonyl (C=O) groups excluding carboxylic acids is 1. The molecule has 15 heavy (non-hydrogen) atoms. The second kappa shape index (κ2) is 4.81. The number of hydrogen-bond donors (Lipinski definition) is 1. The lowest BCUT2D eigenvalue weighted by atomic mass is 9.88. The van der Waals surface area contributed by atoms with E-state index in [0.29, 0.717) is 0 Å². The summed E-state index contributed by atoms with van der Waals surface area (Å²) in [6.07, 6.45) is 1.70. The minimum atomic E-state index is -1.00.